The molecule has 1 rings (SSSR count). The highest BCUT2D eigenvalue weighted by atomic mass is 16.6. The van der Waals surface area contributed by atoms with E-state index in [-0.39, 0.29) is 12.5 Å². The molecule has 1 amide bonds. The van der Waals surface area contributed by atoms with Gasteiger partial charge >= 0.3 is 12.1 Å². The van der Waals surface area contributed by atoms with Crippen LogP contribution in [0.1, 0.15) is 31.9 Å². The fourth-order valence-electron chi connectivity index (χ4n) is 1.93. The zero-order chi connectivity index (χ0) is 16.8. The number of aryl methyl sites for hydroxylation is 1. The zero-order valence-corrected chi connectivity index (χ0v) is 13.9. The van der Waals surface area contributed by atoms with E-state index < -0.39 is 17.6 Å². The smallest absolute Gasteiger partial charge is 0.407 e. The van der Waals surface area contributed by atoms with E-state index >= 15 is 0 Å². The molecule has 5 heteroatoms. The van der Waals surface area contributed by atoms with Crippen molar-refractivity contribution in [1.29, 1.82) is 0 Å². The van der Waals surface area contributed by atoms with Crippen LogP contribution in [-0.2, 0) is 20.7 Å². The summed E-state index contributed by atoms with van der Waals surface area (Å²) in [5.41, 5.74) is 1.61. The lowest BCUT2D eigenvalue weighted by molar-refractivity contribution is -0.145. The van der Waals surface area contributed by atoms with Gasteiger partial charge in [-0.05, 0) is 39.7 Å². The molecule has 0 aromatic heterocycles. The summed E-state index contributed by atoms with van der Waals surface area (Å²) in [6.07, 6.45) is -0.0340. The Morgan fingerprint density at radius 3 is 2.27 bits per heavy atom. The lowest BCUT2D eigenvalue weighted by Crippen LogP contribution is -2.38. The Hall–Kier alpha value is -2.04. The van der Waals surface area contributed by atoms with Gasteiger partial charge in [0.25, 0.3) is 0 Å². The highest BCUT2D eigenvalue weighted by Crippen LogP contribution is 2.12. The molecule has 0 bridgehead atoms. The maximum Gasteiger partial charge on any atom is 0.407 e. The second-order valence-corrected chi connectivity index (χ2v) is 6.29. The molecule has 122 valence electrons. The molecule has 0 aliphatic rings. The summed E-state index contributed by atoms with van der Waals surface area (Å²) >= 11 is 0. The number of ether oxygens (including phenoxy) is 2. The van der Waals surface area contributed by atoms with Crippen molar-refractivity contribution in [2.45, 2.75) is 39.7 Å². The molecule has 5 nitrogen and oxygen atoms in total. The van der Waals surface area contributed by atoms with E-state index in [1.165, 1.54) is 7.11 Å². The van der Waals surface area contributed by atoms with Crippen LogP contribution in [0.2, 0.25) is 0 Å². The Kier molecular flexibility index (Phi) is 6.40. The number of hydrogen-bond donors (Lipinski definition) is 1. The van der Waals surface area contributed by atoms with Crippen LogP contribution in [0.3, 0.4) is 0 Å². The molecule has 0 saturated heterocycles. The van der Waals surface area contributed by atoms with Crippen molar-refractivity contribution >= 4 is 12.1 Å². The van der Waals surface area contributed by atoms with Crippen molar-refractivity contribution in [3.63, 3.8) is 0 Å². The van der Waals surface area contributed by atoms with Crippen molar-refractivity contribution in [2.75, 3.05) is 13.7 Å². The third kappa shape index (κ3) is 6.61. The Bertz CT molecular complexity index is 502. The summed E-state index contributed by atoms with van der Waals surface area (Å²) < 4.78 is 9.98. The third-order valence-corrected chi connectivity index (χ3v) is 3.03. The number of methoxy groups -OCH3 is 1. The van der Waals surface area contributed by atoms with Crippen molar-refractivity contribution in [3.05, 3.63) is 35.4 Å². The predicted molar refractivity (Wildman–Crippen MR) is 84.6 cm³/mol. The van der Waals surface area contributed by atoms with Gasteiger partial charge in [-0.15, -0.1) is 0 Å². The SMILES string of the molecule is COC(=O)[C@H](CNC(=O)OC(C)(C)C)Cc1ccc(C)cc1. The van der Waals surface area contributed by atoms with E-state index in [1.54, 1.807) is 20.8 Å². The average molecular weight is 307 g/mol. The minimum absolute atomic E-state index is 0.176. The number of alkyl carbamates (subject to hydrolysis) is 1. The molecule has 0 unspecified atom stereocenters. The van der Waals surface area contributed by atoms with Crippen molar-refractivity contribution in [1.82, 2.24) is 5.32 Å². The number of amides is 1. The molecule has 1 atom stereocenters. The topological polar surface area (TPSA) is 64.6 Å². The second kappa shape index (κ2) is 7.82. The number of hydrogen-bond acceptors (Lipinski definition) is 4. The van der Waals surface area contributed by atoms with Crippen LogP contribution >= 0.6 is 0 Å². The molecular weight excluding hydrogens is 282 g/mol. The maximum atomic E-state index is 11.9. The van der Waals surface area contributed by atoms with Crippen LogP contribution in [0.15, 0.2) is 24.3 Å². The lowest BCUT2D eigenvalue weighted by Gasteiger charge is -2.21. The molecule has 0 heterocycles. The fraction of sp³-hybridized carbons (Fsp3) is 0.529. The van der Waals surface area contributed by atoms with Gasteiger partial charge in [-0.2, -0.15) is 0 Å². The van der Waals surface area contributed by atoms with Crippen LogP contribution in [0.4, 0.5) is 4.79 Å². The first-order valence-electron chi connectivity index (χ1n) is 7.31. The van der Waals surface area contributed by atoms with Gasteiger partial charge in [-0.1, -0.05) is 29.8 Å². The average Bonchev–Trinajstić information content (AvgIpc) is 2.42. The van der Waals surface area contributed by atoms with Gasteiger partial charge in [-0.3, -0.25) is 4.79 Å². The van der Waals surface area contributed by atoms with Crippen LogP contribution in [-0.4, -0.2) is 31.3 Å². The number of nitrogens with one attached hydrogen (secondary N) is 1. The molecule has 0 fully saturated rings. The van der Waals surface area contributed by atoms with E-state index in [0.29, 0.717) is 6.42 Å². The number of carbonyl (C=O) groups excluding carboxylic acids is 2. The summed E-state index contributed by atoms with van der Waals surface area (Å²) in [4.78, 5) is 23.6. The Morgan fingerprint density at radius 2 is 1.77 bits per heavy atom. The first-order valence-corrected chi connectivity index (χ1v) is 7.31. The normalized spacial score (nSPS) is 12.4. The number of carbonyl (C=O) groups is 2. The molecule has 0 aliphatic carbocycles. The van der Waals surface area contributed by atoms with Gasteiger partial charge in [0.15, 0.2) is 0 Å². The molecule has 0 aliphatic heterocycles. The monoisotopic (exact) mass is 307 g/mol. The van der Waals surface area contributed by atoms with Crippen molar-refractivity contribution in [2.24, 2.45) is 5.92 Å². The van der Waals surface area contributed by atoms with E-state index in [9.17, 15) is 9.59 Å². The van der Waals surface area contributed by atoms with Gasteiger partial charge in [0.1, 0.15) is 5.60 Å². The molecule has 0 spiro atoms. The first-order chi connectivity index (χ1) is 10.2. The Morgan fingerprint density at radius 1 is 1.18 bits per heavy atom. The van der Waals surface area contributed by atoms with Crippen LogP contribution in [0.5, 0.6) is 0 Å². The summed E-state index contributed by atoms with van der Waals surface area (Å²) in [5, 5.41) is 2.62. The van der Waals surface area contributed by atoms with E-state index in [0.717, 1.165) is 11.1 Å². The summed E-state index contributed by atoms with van der Waals surface area (Å²) in [6, 6.07) is 7.92. The Labute approximate surface area is 132 Å². The minimum atomic E-state index is -0.568. The fourth-order valence-corrected chi connectivity index (χ4v) is 1.93. The number of esters is 1. The van der Waals surface area contributed by atoms with Crippen LogP contribution in [0.25, 0.3) is 0 Å². The highest BCUT2D eigenvalue weighted by molar-refractivity contribution is 5.74. The summed E-state index contributed by atoms with van der Waals surface area (Å²) in [7, 11) is 1.35. The summed E-state index contributed by atoms with van der Waals surface area (Å²) in [5.74, 6) is -0.795. The molecular formula is C17H25NO4. The maximum absolute atomic E-state index is 11.9. The van der Waals surface area contributed by atoms with E-state index in [4.69, 9.17) is 9.47 Å². The van der Waals surface area contributed by atoms with Gasteiger partial charge in [-0.25, -0.2) is 4.79 Å². The molecule has 0 radical (unpaired) electrons. The largest absolute Gasteiger partial charge is 0.469 e. The highest BCUT2D eigenvalue weighted by Gasteiger charge is 2.22. The molecule has 0 saturated carbocycles. The van der Waals surface area contributed by atoms with E-state index in [1.807, 2.05) is 31.2 Å². The third-order valence-electron chi connectivity index (χ3n) is 3.03. The Balaban J connectivity index is 2.63. The number of benzene rings is 1. The van der Waals surface area contributed by atoms with Gasteiger partial charge in [0.2, 0.25) is 0 Å². The van der Waals surface area contributed by atoms with Gasteiger partial charge < -0.3 is 14.8 Å². The van der Waals surface area contributed by atoms with Gasteiger partial charge in [0.05, 0.1) is 13.0 Å². The standard InChI is InChI=1S/C17H25NO4/c1-12-6-8-13(9-7-12)10-14(15(19)21-5)11-18-16(20)22-17(2,3)4/h6-9,14H,10-11H2,1-5H3,(H,18,20)/t14-/m0/s1. The zero-order valence-electron chi connectivity index (χ0n) is 13.9. The molecule has 1 aromatic rings. The lowest BCUT2D eigenvalue weighted by atomic mass is 9.98. The van der Waals surface area contributed by atoms with Crippen LogP contribution < -0.4 is 5.32 Å². The van der Waals surface area contributed by atoms with Gasteiger partial charge in [0, 0.05) is 6.54 Å². The first kappa shape index (κ1) is 18.0. The second-order valence-electron chi connectivity index (χ2n) is 6.29. The number of rotatable bonds is 5. The molecule has 22 heavy (non-hydrogen) atoms. The summed E-state index contributed by atoms with van der Waals surface area (Å²) in [6.45, 7) is 7.55. The van der Waals surface area contributed by atoms with Crippen LogP contribution in [0, 0.1) is 12.8 Å². The molecule has 1 N–H and O–H groups in total. The van der Waals surface area contributed by atoms with Crippen molar-refractivity contribution < 1.29 is 19.1 Å². The quantitative estimate of drug-likeness (QED) is 0.850. The van der Waals surface area contributed by atoms with Crippen molar-refractivity contribution in [3.8, 4) is 0 Å². The minimum Gasteiger partial charge on any atom is -0.469 e. The molecule has 1 aromatic carbocycles. The predicted octanol–water partition coefficient (Wildman–Crippen LogP) is 2.85. The van der Waals surface area contributed by atoms with E-state index in [2.05, 4.69) is 5.32 Å².